The molecule has 3 aromatic rings. The minimum Gasteiger partial charge on any atom is -0.365 e. The number of anilines is 2. The van der Waals surface area contributed by atoms with Crippen LogP contribution in [0.3, 0.4) is 0 Å². The third-order valence-corrected chi connectivity index (χ3v) is 7.23. The molecular weight excluding hydrogens is 470 g/mol. The molecule has 0 spiro atoms. The van der Waals surface area contributed by atoms with Gasteiger partial charge in [0.2, 0.25) is 5.91 Å². The Hall–Kier alpha value is -3.55. The van der Waals surface area contributed by atoms with Gasteiger partial charge in [-0.2, -0.15) is 13.2 Å². The van der Waals surface area contributed by atoms with Crippen molar-refractivity contribution in [3.63, 3.8) is 0 Å². The van der Waals surface area contributed by atoms with Crippen LogP contribution in [0.4, 0.5) is 28.9 Å². The standard InChI is InChI=1S/C28H27F4N3O/c1-18(19-7-3-2-4-8-19)33-27(36)22-16-20-15-21(28(30,31)32)11-12-24(20)35-14-13-34(17-26(22)35)25-10-6-5-9-23(25)29/h2-12,15,18,22,26H,13-14,16-17H2,1H3,(H,33,36)/t18-,22-,26+/m0/s1. The van der Waals surface area contributed by atoms with Crippen LogP contribution in [0.15, 0.2) is 72.8 Å². The summed E-state index contributed by atoms with van der Waals surface area (Å²) in [6.45, 7) is 3.23. The number of alkyl halides is 3. The number of rotatable bonds is 4. The highest BCUT2D eigenvalue weighted by Gasteiger charge is 2.43. The monoisotopic (exact) mass is 497 g/mol. The molecule has 1 amide bonds. The van der Waals surface area contributed by atoms with Gasteiger partial charge in [-0.25, -0.2) is 4.39 Å². The molecule has 36 heavy (non-hydrogen) atoms. The highest BCUT2D eigenvalue weighted by molar-refractivity contribution is 5.83. The van der Waals surface area contributed by atoms with Gasteiger partial charge < -0.3 is 15.1 Å². The van der Waals surface area contributed by atoms with E-state index < -0.39 is 17.7 Å². The second kappa shape index (κ2) is 9.48. The van der Waals surface area contributed by atoms with Gasteiger partial charge in [0, 0.05) is 25.3 Å². The largest absolute Gasteiger partial charge is 0.416 e. The Morgan fingerprint density at radius 3 is 2.42 bits per heavy atom. The quantitative estimate of drug-likeness (QED) is 0.478. The van der Waals surface area contributed by atoms with E-state index in [1.54, 1.807) is 18.2 Å². The highest BCUT2D eigenvalue weighted by atomic mass is 19.4. The molecule has 2 heterocycles. The van der Waals surface area contributed by atoms with Gasteiger partial charge in [-0.1, -0.05) is 42.5 Å². The smallest absolute Gasteiger partial charge is 0.365 e. The maximum Gasteiger partial charge on any atom is 0.416 e. The van der Waals surface area contributed by atoms with Crippen LogP contribution >= 0.6 is 0 Å². The van der Waals surface area contributed by atoms with E-state index in [4.69, 9.17) is 0 Å². The van der Waals surface area contributed by atoms with Crippen molar-refractivity contribution in [1.29, 1.82) is 0 Å². The lowest BCUT2D eigenvalue weighted by molar-refractivity contribution is -0.137. The Balaban J connectivity index is 1.47. The lowest BCUT2D eigenvalue weighted by Gasteiger charge is -2.50. The predicted octanol–water partition coefficient (Wildman–Crippen LogP) is 5.59. The first-order valence-electron chi connectivity index (χ1n) is 12.0. The molecule has 1 saturated heterocycles. The van der Waals surface area contributed by atoms with Crippen LogP contribution < -0.4 is 15.1 Å². The van der Waals surface area contributed by atoms with Crippen molar-refractivity contribution in [1.82, 2.24) is 5.32 Å². The fraction of sp³-hybridized carbons (Fsp3) is 0.321. The summed E-state index contributed by atoms with van der Waals surface area (Å²) in [5, 5.41) is 3.06. The van der Waals surface area contributed by atoms with Crippen LogP contribution in [0, 0.1) is 11.7 Å². The molecular formula is C28H27F4N3O. The van der Waals surface area contributed by atoms with Crippen LogP contribution in [-0.4, -0.2) is 31.6 Å². The molecule has 0 aliphatic carbocycles. The van der Waals surface area contributed by atoms with Crippen molar-refractivity contribution >= 4 is 17.3 Å². The SMILES string of the molecule is C[C@H](NC(=O)[C@H]1Cc2cc(C(F)(F)F)ccc2N2CCN(c3ccccc3F)C[C@H]12)c1ccccc1. The van der Waals surface area contributed by atoms with Crippen molar-refractivity contribution in [2.75, 3.05) is 29.4 Å². The van der Waals surface area contributed by atoms with Gasteiger partial charge >= 0.3 is 6.18 Å². The first-order chi connectivity index (χ1) is 17.2. The summed E-state index contributed by atoms with van der Waals surface area (Å²) in [7, 11) is 0. The summed E-state index contributed by atoms with van der Waals surface area (Å²) in [6, 6.07) is 19.2. The predicted molar refractivity (Wildman–Crippen MR) is 131 cm³/mol. The van der Waals surface area contributed by atoms with Gasteiger partial charge in [0.1, 0.15) is 5.82 Å². The van der Waals surface area contributed by atoms with Gasteiger partial charge in [-0.15, -0.1) is 0 Å². The Morgan fingerprint density at radius 1 is 0.972 bits per heavy atom. The summed E-state index contributed by atoms with van der Waals surface area (Å²) in [6.07, 6.45) is -4.28. The number of amides is 1. The number of halogens is 4. The molecule has 188 valence electrons. The van der Waals surface area contributed by atoms with Gasteiger partial charge in [-0.3, -0.25) is 4.79 Å². The average molecular weight is 498 g/mol. The number of piperazine rings is 1. The minimum atomic E-state index is -4.46. The van der Waals surface area contributed by atoms with Crippen molar-refractivity contribution < 1.29 is 22.4 Å². The second-order valence-electron chi connectivity index (χ2n) is 9.45. The van der Waals surface area contributed by atoms with E-state index in [9.17, 15) is 22.4 Å². The summed E-state index contributed by atoms with van der Waals surface area (Å²) in [5.74, 6) is -1.16. The number of para-hydroxylation sites is 1. The second-order valence-corrected chi connectivity index (χ2v) is 9.45. The molecule has 0 aromatic heterocycles. The van der Waals surface area contributed by atoms with Gasteiger partial charge in [0.15, 0.2) is 0 Å². The maximum absolute atomic E-state index is 14.6. The topological polar surface area (TPSA) is 35.6 Å². The molecule has 2 aliphatic rings. The van der Waals surface area contributed by atoms with Crippen molar-refractivity contribution in [3.05, 3.63) is 95.3 Å². The number of hydrogen-bond acceptors (Lipinski definition) is 3. The van der Waals surface area contributed by atoms with Crippen molar-refractivity contribution in [3.8, 4) is 0 Å². The molecule has 3 atom stereocenters. The third-order valence-electron chi connectivity index (χ3n) is 7.23. The zero-order chi connectivity index (χ0) is 25.4. The normalized spacial score (nSPS) is 20.4. The molecule has 1 N–H and O–H groups in total. The molecule has 3 aromatic carbocycles. The molecule has 1 fully saturated rings. The van der Waals surface area contributed by atoms with Crippen LogP contribution in [0.25, 0.3) is 0 Å². The van der Waals surface area contributed by atoms with E-state index in [2.05, 4.69) is 5.32 Å². The third kappa shape index (κ3) is 4.64. The Kier molecular flexibility index (Phi) is 6.36. The number of nitrogens with zero attached hydrogens (tertiary/aromatic N) is 2. The van der Waals surface area contributed by atoms with Gasteiger partial charge in [-0.05, 0) is 54.8 Å². The van der Waals surface area contributed by atoms with Gasteiger partial charge in [0.25, 0.3) is 0 Å². The van der Waals surface area contributed by atoms with Crippen molar-refractivity contribution in [2.24, 2.45) is 5.92 Å². The van der Waals surface area contributed by atoms with E-state index in [0.29, 0.717) is 36.6 Å². The van der Waals surface area contributed by atoms with E-state index >= 15 is 0 Å². The fourth-order valence-corrected chi connectivity index (χ4v) is 5.37. The zero-order valence-electron chi connectivity index (χ0n) is 19.8. The Bertz CT molecular complexity index is 1250. The zero-order valence-corrected chi connectivity index (χ0v) is 19.8. The molecule has 8 heteroatoms. The van der Waals surface area contributed by atoms with E-state index in [1.807, 2.05) is 47.1 Å². The van der Waals surface area contributed by atoms with E-state index in [0.717, 1.165) is 17.7 Å². The number of carbonyl (C=O) groups excluding carboxylic acids is 1. The molecule has 0 bridgehead atoms. The van der Waals surface area contributed by atoms with Crippen molar-refractivity contribution in [2.45, 2.75) is 31.6 Å². The highest BCUT2D eigenvalue weighted by Crippen LogP contribution is 2.40. The maximum atomic E-state index is 14.6. The lowest BCUT2D eigenvalue weighted by Crippen LogP contribution is -2.61. The van der Waals surface area contributed by atoms with Crippen LogP contribution in [0.1, 0.15) is 29.7 Å². The molecule has 0 saturated carbocycles. The number of benzene rings is 3. The van der Waals surface area contributed by atoms with E-state index in [-0.39, 0.29) is 30.2 Å². The first kappa shape index (κ1) is 24.2. The molecule has 0 unspecified atom stereocenters. The molecule has 4 nitrogen and oxygen atoms in total. The lowest BCUT2D eigenvalue weighted by atomic mass is 9.82. The molecule has 2 aliphatic heterocycles. The van der Waals surface area contributed by atoms with Crippen LogP contribution in [0.2, 0.25) is 0 Å². The van der Waals surface area contributed by atoms with Crippen LogP contribution in [0.5, 0.6) is 0 Å². The number of carbonyl (C=O) groups is 1. The number of fused-ring (bicyclic) bond motifs is 3. The summed E-state index contributed by atoms with van der Waals surface area (Å²) in [4.78, 5) is 17.5. The summed E-state index contributed by atoms with van der Waals surface area (Å²) < 4.78 is 54.9. The van der Waals surface area contributed by atoms with Crippen LogP contribution in [-0.2, 0) is 17.4 Å². The molecule has 0 radical (unpaired) electrons. The number of hydrogen-bond donors (Lipinski definition) is 1. The Morgan fingerprint density at radius 2 is 1.69 bits per heavy atom. The molecule has 5 rings (SSSR count). The minimum absolute atomic E-state index is 0.179. The van der Waals surface area contributed by atoms with E-state index in [1.165, 1.54) is 12.1 Å². The summed E-state index contributed by atoms with van der Waals surface area (Å²) in [5.41, 5.74) is 1.90. The average Bonchev–Trinajstić information content (AvgIpc) is 2.87. The Labute approximate surface area is 207 Å². The van der Waals surface area contributed by atoms with Gasteiger partial charge in [0.05, 0.1) is 29.3 Å². The first-order valence-corrected chi connectivity index (χ1v) is 12.0. The number of nitrogens with one attached hydrogen (secondary N) is 1. The fourth-order valence-electron chi connectivity index (χ4n) is 5.37. The summed E-state index contributed by atoms with van der Waals surface area (Å²) >= 11 is 0.